The molecule has 2 aromatic carbocycles. The predicted octanol–water partition coefficient (Wildman–Crippen LogP) is 4.46. The summed E-state index contributed by atoms with van der Waals surface area (Å²) in [6.07, 6.45) is 4.05. The van der Waals surface area contributed by atoms with Crippen molar-refractivity contribution in [3.63, 3.8) is 0 Å². The fourth-order valence-corrected chi connectivity index (χ4v) is 5.64. The lowest BCUT2D eigenvalue weighted by Gasteiger charge is -2.32. The Kier molecular flexibility index (Phi) is 7.32. The molecule has 1 fully saturated rings. The van der Waals surface area contributed by atoms with Crippen LogP contribution in [0.15, 0.2) is 67.0 Å². The number of halogens is 2. The van der Waals surface area contributed by atoms with Crippen molar-refractivity contribution in [1.29, 1.82) is 0 Å². The van der Waals surface area contributed by atoms with Crippen LogP contribution < -0.4 is 10.2 Å². The molecule has 11 heteroatoms. The van der Waals surface area contributed by atoms with Crippen LogP contribution in [-0.2, 0) is 18.6 Å². The molecule has 0 spiro atoms. The normalized spacial score (nSPS) is 16.2. The van der Waals surface area contributed by atoms with Gasteiger partial charge in [0.15, 0.2) is 0 Å². The first-order chi connectivity index (χ1) is 19.7. The Morgan fingerprint density at radius 1 is 1.02 bits per heavy atom. The fourth-order valence-electron chi connectivity index (χ4n) is 5.47. The van der Waals surface area contributed by atoms with Crippen LogP contribution in [0.1, 0.15) is 37.5 Å². The summed E-state index contributed by atoms with van der Waals surface area (Å²) in [7, 11) is 3.62. The minimum atomic E-state index is -3.17. The Bertz CT molecular complexity index is 1630. The summed E-state index contributed by atoms with van der Waals surface area (Å²) in [6, 6.07) is 15.4. The quantitative estimate of drug-likeness (QED) is 0.343. The van der Waals surface area contributed by atoms with Gasteiger partial charge in [0.25, 0.3) is 17.5 Å². The highest BCUT2D eigenvalue weighted by Gasteiger charge is 2.29. The summed E-state index contributed by atoms with van der Waals surface area (Å²) in [5.41, 5.74) is 0.746. The van der Waals surface area contributed by atoms with Crippen LogP contribution in [-0.4, -0.2) is 70.8 Å². The zero-order valence-corrected chi connectivity index (χ0v) is 23.8. The summed E-state index contributed by atoms with van der Waals surface area (Å²) in [4.78, 5) is 37.3. The molecule has 2 aliphatic heterocycles. The van der Waals surface area contributed by atoms with Gasteiger partial charge in [0.05, 0.1) is 6.20 Å². The van der Waals surface area contributed by atoms with E-state index in [1.165, 1.54) is 12.1 Å². The molecule has 1 N–H and O–H groups in total. The van der Waals surface area contributed by atoms with Gasteiger partial charge in [-0.05, 0) is 67.1 Å². The number of anilines is 2. The summed E-state index contributed by atoms with van der Waals surface area (Å²) >= 11 is 0. The lowest BCUT2D eigenvalue weighted by molar-refractivity contribution is 0.0980. The third-order valence-corrected chi connectivity index (χ3v) is 8.10. The highest BCUT2D eigenvalue weighted by Crippen LogP contribution is 2.36. The van der Waals surface area contributed by atoms with Gasteiger partial charge in [0.1, 0.15) is 11.3 Å². The number of pyridine rings is 1. The maximum atomic E-state index is 14.4. The van der Waals surface area contributed by atoms with Crippen LogP contribution in [0.2, 0.25) is 0 Å². The summed E-state index contributed by atoms with van der Waals surface area (Å²) < 4.78 is 30.5. The van der Waals surface area contributed by atoms with Crippen LogP contribution in [0.25, 0.3) is 5.65 Å². The van der Waals surface area contributed by atoms with Crippen LogP contribution in [0.3, 0.4) is 0 Å². The first kappa shape index (κ1) is 27.4. The molecule has 2 amide bonds. The Labute approximate surface area is 239 Å². The van der Waals surface area contributed by atoms with E-state index >= 15 is 0 Å². The number of piperazine rings is 1. The van der Waals surface area contributed by atoms with Gasteiger partial charge in [0, 0.05) is 68.0 Å². The van der Waals surface area contributed by atoms with Crippen LogP contribution in [0.4, 0.5) is 20.2 Å². The van der Waals surface area contributed by atoms with Crippen molar-refractivity contribution in [2.75, 3.05) is 50.0 Å². The molecule has 4 heterocycles. The molecule has 1 atom stereocenters. The molecule has 4 aromatic rings. The molecule has 41 heavy (non-hydrogen) atoms. The largest absolute Gasteiger partial charge is 0.322 e. The Balaban J connectivity index is 1.24. The second-order valence-corrected chi connectivity index (χ2v) is 11.4. The predicted molar refractivity (Wildman–Crippen MR) is 158 cm³/mol. The van der Waals surface area contributed by atoms with E-state index in [4.69, 9.17) is 0 Å². The standard InChI is InChI=1S/C30H31F2N6O2P/c1-35-10-12-36(13-11-35)19-20-14-22(16-23(15-20)30(31,32)41)28(39)34-24-6-5-21-7-9-38(25(21)17-24)29(40)26-18-33-27-4-2-3-8-37(26)27/h2-6,8,14-18H,7,9-13,19,41H2,1H3,(H,34,39). The van der Waals surface area contributed by atoms with Crippen LogP contribution >= 0.6 is 9.24 Å². The number of nitrogens with one attached hydrogen (secondary N) is 1. The third kappa shape index (κ3) is 5.73. The van der Waals surface area contributed by atoms with Crippen molar-refractivity contribution in [3.05, 3.63) is 94.9 Å². The highest BCUT2D eigenvalue weighted by molar-refractivity contribution is 7.17. The van der Waals surface area contributed by atoms with E-state index in [9.17, 15) is 18.4 Å². The van der Waals surface area contributed by atoms with Gasteiger partial charge in [-0.25, -0.2) is 4.98 Å². The average Bonchev–Trinajstić information content (AvgIpc) is 3.58. The molecule has 2 aromatic heterocycles. The van der Waals surface area contributed by atoms with E-state index in [1.807, 2.05) is 24.3 Å². The van der Waals surface area contributed by atoms with Gasteiger partial charge in [-0.1, -0.05) is 21.4 Å². The minimum Gasteiger partial charge on any atom is -0.322 e. The van der Waals surface area contributed by atoms with Crippen molar-refractivity contribution < 1.29 is 18.4 Å². The molecule has 2 aliphatic rings. The highest BCUT2D eigenvalue weighted by atomic mass is 31.0. The third-order valence-electron chi connectivity index (χ3n) is 7.76. The number of carbonyl (C=O) groups is 2. The van der Waals surface area contributed by atoms with E-state index in [1.54, 1.807) is 49.1 Å². The molecule has 8 nitrogen and oxygen atoms in total. The van der Waals surface area contributed by atoms with Crippen molar-refractivity contribution in [3.8, 4) is 0 Å². The maximum absolute atomic E-state index is 14.4. The van der Waals surface area contributed by atoms with Crippen LogP contribution in [0, 0.1) is 0 Å². The maximum Gasteiger partial charge on any atom is 0.283 e. The van der Waals surface area contributed by atoms with E-state index < -0.39 is 11.6 Å². The summed E-state index contributed by atoms with van der Waals surface area (Å²) in [5, 5.41) is 2.86. The zero-order chi connectivity index (χ0) is 28.7. The molecule has 0 saturated carbocycles. The van der Waals surface area contributed by atoms with Gasteiger partial charge >= 0.3 is 0 Å². The average molecular weight is 577 g/mol. The molecular formula is C30H31F2N6O2P. The molecule has 0 bridgehead atoms. The number of alkyl halides is 2. The van der Waals surface area contributed by atoms with Gasteiger partial charge in [-0.15, -0.1) is 0 Å². The topological polar surface area (TPSA) is 73.2 Å². The number of nitrogens with zero attached hydrogens (tertiary/aromatic N) is 5. The van der Waals surface area contributed by atoms with Crippen LogP contribution in [0.5, 0.6) is 0 Å². The molecule has 1 unspecified atom stereocenters. The number of carbonyl (C=O) groups excluding carboxylic acids is 2. The first-order valence-electron chi connectivity index (χ1n) is 13.6. The van der Waals surface area contributed by atoms with Crippen molar-refractivity contribution in [2.45, 2.75) is 18.6 Å². The minimum absolute atomic E-state index is 0.160. The first-order valence-corrected chi connectivity index (χ1v) is 14.1. The fraction of sp³-hybridized carbons (Fsp3) is 0.300. The van der Waals surface area contributed by atoms with Crippen molar-refractivity contribution in [1.82, 2.24) is 19.2 Å². The lowest BCUT2D eigenvalue weighted by Crippen LogP contribution is -2.43. The van der Waals surface area contributed by atoms with E-state index in [-0.39, 0.29) is 17.0 Å². The van der Waals surface area contributed by atoms with Crippen molar-refractivity contribution in [2.24, 2.45) is 0 Å². The molecule has 212 valence electrons. The molecule has 6 rings (SSSR count). The molecule has 0 radical (unpaired) electrons. The second-order valence-electron chi connectivity index (χ2n) is 10.7. The van der Waals surface area contributed by atoms with Gasteiger partial charge in [0.2, 0.25) is 0 Å². The zero-order valence-electron chi connectivity index (χ0n) is 22.7. The van der Waals surface area contributed by atoms with Gasteiger partial charge in [-0.2, -0.15) is 8.78 Å². The van der Waals surface area contributed by atoms with Gasteiger partial charge in [-0.3, -0.25) is 18.9 Å². The Morgan fingerprint density at radius 2 is 1.83 bits per heavy atom. The Hall–Kier alpha value is -3.72. The van der Waals surface area contributed by atoms with Gasteiger partial charge < -0.3 is 15.1 Å². The van der Waals surface area contributed by atoms with Crippen molar-refractivity contribution >= 4 is 38.1 Å². The molecule has 1 saturated heterocycles. The lowest BCUT2D eigenvalue weighted by atomic mass is 10.0. The number of likely N-dealkylation sites (N-methyl/N-ethyl adjacent to an activating group) is 1. The number of imidazole rings is 1. The monoisotopic (exact) mass is 576 g/mol. The smallest absolute Gasteiger partial charge is 0.283 e. The summed E-state index contributed by atoms with van der Waals surface area (Å²) in [6.45, 7) is 4.47. The van der Waals surface area contributed by atoms with E-state index in [2.05, 4.69) is 27.1 Å². The van der Waals surface area contributed by atoms with E-state index in [0.717, 1.165) is 31.7 Å². The number of hydrogen-bond donors (Lipinski definition) is 1. The Morgan fingerprint density at radius 3 is 2.61 bits per heavy atom. The second kappa shape index (κ2) is 10.9. The van der Waals surface area contributed by atoms with E-state index in [0.29, 0.717) is 47.8 Å². The SMILES string of the molecule is CN1CCN(Cc2cc(C(=O)Nc3ccc4c(c3)N(C(=O)c3cnc5ccccn35)CC4)cc(C(F)(F)P)c2)CC1. The number of fused-ring (bicyclic) bond motifs is 2. The molecular weight excluding hydrogens is 545 g/mol. The number of aromatic nitrogens is 2. The number of hydrogen-bond acceptors (Lipinski definition) is 5. The number of rotatable bonds is 6. The number of amides is 2. The molecule has 0 aliphatic carbocycles. The number of benzene rings is 2. The summed E-state index contributed by atoms with van der Waals surface area (Å²) in [5.74, 6) is -0.673.